The normalized spacial score (nSPS) is 14.2. The summed E-state index contributed by atoms with van der Waals surface area (Å²) < 4.78 is 0. The molecule has 0 bridgehead atoms. The van der Waals surface area contributed by atoms with Crippen LogP contribution in [0.4, 0.5) is 0 Å². The molecule has 0 heterocycles. The van der Waals surface area contributed by atoms with Gasteiger partial charge in [0.15, 0.2) is 0 Å². The summed E-state index contributed by atoms with van der Waals surface area (Å²) in [5.41, 5.74) is 0. The van der Waals surface area contributed by atoms with Crippen molar-refractivity contribution < 1.29 is 0 Å². The Morgan fingerprint density at radius 1 is 0.560 bits per heavy atom. The molecule has 0 atom stereocenters. The quantitative estimate of drug-likeness (QED) is 0.379. The third kappa shape index (κ3) is 5.53. The highest BCUT2D eigenvalue weighted by molar-refractivity contribution is 9.09. The lowest BCUT2D eigenvalue weighted by atomic mass is 10.4. The Kier molecular flexibility index (Phi) is 7.27. The fraction of sp³-hybridized carbons (Fsp3) is 0.217. The van der Waals surface area contributed by atoms with Gasteiger partial charge in [0.25, 0.3) is 0 Å². The van der Waals surface area contributed by atoms with Gasteiger partial charge in [-0.3, -0.25) is 0 Å². The van der Waals surface area contributed by atoms with E-state index in [-0.39, 0.29) is 0 Å². The van der Waals surface area contributed by atoms with Crippen LogP contribution in [0.5, 0.6) is 0 Å². The number of halogens is 1. The first-order valence-corrected chi connectivity index (χ1v) is 11.2. The van der Waals surface area contributed by atoms with E-state index in [0.29, 0.717) is 0 Å². The van der Waals surface area contributed by atoms with Crippen molar-refractivity contribution in [1.29, 1.82) is 0 Å². The maximum absolute atomic E-state index is 3.54. The summed E-state index contributed by atoms with van der Waals surface area (Å²) in [6.45, 7) is 0. The first-order chi connectivity index (χ1) is 12.3. The Labute approximate surface area is 161 Å². The Morgan fingerprint density at radius 2 is 0.880 bits per heavy atom. The molecule has 4 rings (SSSR count). The highest BCUT2D eigenvalue weighted by Crippen LogP contribution is 2.32. The Bertz CT molecular complexity index is 628. The molecule has 25 heavy (non-hydrogen) atoms. The Morgan fingerprint density at radius 3 is 1.12 bits per heavy atom. The first-order valence-electron chi connectivity index (χ1n) is 8.94. The minimum absolute atomic E-state index is 0.446. The molecule has 0 radical (unpaired) electrons. The molecular formula is C23H24BrP. The lowest BCUT2D eigenvalue weighted by molar-refractivity contribution is 0.886. The van der Waals surface area contributed by atoms with Crippen molar-refractivity contribution in [2.24, 2.45) is 0 Å². The molecule has 1 aliphatic rings. The van der Waals surface area contributed by atoms with E-state index in [4.69, 9.17) is 0 Å². The van der Waals surface area contributed by atoms with Gasteiger partial charge in [-0.2, -0.15) is 0 Å². The van der Waals surface area contributed by atoms with Crippen LogP contribution in [0, 0.1) is 0 Å². The number of hydrogen-bond donors (Lipinski definition) is 0. The summed E-state index contributed by atoms with van der Waals surface area (Å²) in [4.78, 5) is 0.859. The van der Waals surface area contributed by atoms with Crippen molar-refractivity contribution in [2.75, 3.05) is 0 Å². The lowest BCUT2D eigenvalue weighted by Crippen LogP contribution is -2.20. The summed E-state index contributed by atoms with van der Waals surface area (Å²) >= 11 is 3.54. The molecule has 0 nitrogen and oxygen atoms in total. The van der Waals surface area contributed by atoms with Gasteiger partial charge < -0.3 is 0 Å². The van der Waals surface area contributed by atoms with Gasteiger partial charge in [0.05, 0.1) is 0 Å². The largest absolute Gasteiger partial charge is 0.0891 e. The van der Waals surface area contributed by atoms with Gasteiger partial charge in [-0.15, -0.1) is 0 Å². The van der Waals surface area contributed by atoms with E-state index in [1.807, 2.05) is 0 Å². The molecule has 3 aromatic carbocycles. The smallest absolute Gasteiger partial charge is 0.0145 e. The summed E-state index contributed by atoms with van der Waals surface area (Å²) in [6, 6.07) is 32.3. The zero-order valence-corrected chi connectivity index (χ0v) is 16.9. The van der Waals surface area contributed by atoms with Gasteiger partial charge in [0.1, 0.15) is 0 Å². The van der Waals surface area contributed by atoms with Crippen molar-refractivity contribution in [3.05, 3.63) is 91.0 Å². The van der Waals surface area contributed by atoms with Crippen LogP contribution in [0.2, 0.25) is 0 Å². The first kappa shape index (κ1) is 18.4. The predicted molar refractivity (Wildman–Crippen MR) is 116 cm³/mol. The van der Waals surface area contributed by atoms with Crippen LogP contribution in [0.15, 0.2) is 91.0 Å². The second-order valence-electron chi connectivity index (χ2n) is 6.22. The fourth-order valence-electron chi connectivity index (χ4n) is 3.05. The van der Waals surface area contributed by atoms with Crippen LogP contribution in [-0.4, -0.2) is 4.83 Å². The van der Waals surface area contributed by atoms with Crippen molar-refractivity contribution in [3.8, 4) is 0 Å². The number of hydrogen-bond acceptors (Lipinski definition) is 0. The zero-order chi connectivity index (χ0) is 17.3. The molecule has 1 fully saturated rings. The molecule has 3 aromatic rings. The van der Waals surface area contributed by atoms with E-state index in [9.17, 15) is 0 Å². The van der Waals surface area contributed by atoms with Crippen LogP contribution in [-0.2, 0) is 0 Å². The number of alkyl halides is 1. The third-order valence-electron chi connectivity index (χ3n) is 4.33. The van der Waals surface area contributed by atoms with E-state index in [0.717, 1.165) is 4.83 Å². The maximum Gasteiger partial charge on any atom is 0.0145 e. The maximum atomic E-state index is 3.54. The molecule has 0 N–H and O–H groups in total. The summed E-state index contributed by atoms with van der Waals surface area (Å²) in [7, 11) is -0.446. The van der Waals surface area contributed by atoms with Gasteiger partial charge in [-0.1, -0.05) is 120 Å². The molecule has 128 valence electrons. The highest BCUT2D eigenvalue weighted by Gasteiger charge is 2.15. The van der Waals surface area contributed by atoms with E-state index < -0.39 is 7.92 Å². The molecule has 0 amide bonds. The van der Waals surface area contributed by atoms with Crippen molar-refractivity contribution >= 4 is 39.8 Å². The van der Waals surface area contributed by atoms with E-state index >= 15 is 0 Å². The second-order valence-corrected chi connectivity index (χ2v) is 9.74. The van der Waals surface area contributed by atoms with E-state index in [2.05, 4.69) is 107 Å². The van der Waals surface area contributed by atoms with Gasteiger partial charge in [0.2, 0.25) is 0 Å². The predicted octanol–water partition coefficient (Wildman–Crippen LogP) is 5.77. The van der Waals surface area contributed by atoms with Gasteiger partial charge in [-0.25, -0.2) is 0 Å². The Balaban J connectivity index is 0.000000258. The van der Waals surface area contributed by atoms with Gasteiger partial charge >= 0.3 is 0 Å². The van der Waals surface area contributed by atoms with Crippen LogP contribution in [0.1, 0.15) is 25.7 Å². The lowest BCUT2D eigenvalue weighted by Gasteiger charge is -2.18. The minimum Gasteiger partial charge on any atom is -0.0891 e. The molecule has 0 aliphatic heterocycles. The van der Waals surface area contributed by atoms with Crippen LogP contribution in [0.25, 0.3) is 0 Å². The van der Waals surface area contributed by atoms with Crippen LogP contribution >= 0.6 is 23.9 Å². The molecular weight excluding hydrogens is 387 g/mol. The number of rotatable bonds is 3. The third-order valence-corrected chi connectivity index (χ3v) is 7.69. The SMILES string of the molecule is BrC1CCCC1.c1ccc(P(c2ccccc2)c2ccccc2)cc1. The van der Waals surface area contributed by atoms with Crippen molar-refractivity contribution in [1.82, 2.24) is 0 Å². The second kappa shape index (κ2) is 9.90. The Hall–Kier alpha value is -1.43. The zero-order valence-electron chi connectivity index (χ0n) is 14.4. The van der Waals surface area contributed by atoms with Crippen molar-refractivity contribution in [2.45, 2.75) is 30.5 Å². The topological polar surface area (TPSA) is 0 Å². The van der Waals surface area contributed by atoms with E-state index in [1.54, 1.807) is 0 Å². The molecule has 0 unspecified atom stereocenters. The standard InChI is InChI=1S/C18H15P.C5H9Br/c1-4-10-16(11-5-1)19(17-12-6-2-7-13-17)18-14-8-3-9-15-18;6-5-3-1-2-4-5/h1-15H;5H,1-4H2. The molecule has 0 spiro atoms. The average molecular weight is 411 g/mol. The van der Waals surface area contributed by atoms with Crippen LogP contribution in [0.3, 0.4) is 0 Å². The summed E-state index contributed by atoms with van der Waals surface area (Å²) in [5, 5.41) is 4.19. The monoisotopic (exact) mass is 410 g/mol. The molecule has 1 saturated carbocycles. The molecule has 1 aliphatic carbocycles. The van der Waals surface area contributed by atoms with Crippen LogP contribution < -0.4 is 15.9 Å². The highest BCUT2D eigenvalue weighted by atomic mass is 79.9. The van der Waals surface area contributed by atoms with Gasteiger partial charge in [-0.05, 0) is 36.7 Å². The molecule has 0 saturated heterocycles. The number of benzene rings is 3. The summed E-state index contributed by atoms with van der Waals surface area (Å²) in [5.74, 6) is 0. The van der Waals surface area contributed by atoms with Crippen molar-refractivity contribution in [3.63, 3.8) is 0 Å². The average Bonchev–Trinajstić information content (AvgIpc) is 3.16. The minimum atomic E-state index is -0.446. The molecule has 2 heteroatoms. The van der Waals surface area contributed by atoms with E-state index in [1.165, 1.54) is 41.6 Å². The fourth-order valence-corrected chi connectivity index (χ4v) is 6.01. The molecule has 0 aromatic heterocycles. The van der Waals surface area contributed by atoms with Gasteiger partial charge in [0, 0.05) is 4.83 Å². The summed E-state index contributed by atoms with van der Waals surface area (Å²) in [6.07, 6.45) is 5.69.